The Morgan fingerprint density at radius 1 is 1.04 bits per heavy atom. The minimum absolute atomic E-state index is 0.458. The summed E-state index contributed by atoms with van der Waals surface area (Å²) in [4.78, 5) is 4.94. The van der Waals surface area contributed by atoms with Crippen LogP contribution < -0.4 is 20.1 Å². The first-order chi connectivity index (χ1) is 12.6. The fourth-order valence-electron chi connectivity index (χ4n) is 4.56. The summed E-state index contributed by atoms with van der Waals surface area (Å²) < 4.78 is 11.1. The van der Waals surface area contributed by atoms with Crippen molar-refractivity contribution in [3.8, 4) is 11.5 Å². The monoisotopic (exact) mass is 355 g/mol. The second kappa shape index (κ2) is 6.95. The van der Waals surface area contributed by atoms with E-state index in [0.29, 0.717) is 17.9 Å². The van der Waals surface area contributed by atoms with E-state index in [1.165, 1.54) is 23.4 Å². The molecule has 2 heterocycles. The van der Waals surface area contributed by atoms with E-state index in [-0.39, 0.29) is 0 Å². The van der Waals surface area contributed by atoms with Gasteiger partial charge in [0.05, 0.1) is 19.7 Å². The number of nitrogens with one attached hydrogen (secondary N) is 2. The molecule has 0 saturated carbocycles. The number of pyridine rings is 1. The van der Waals surface area contributed by atoms with Crippen LogP contribution in [0, 0.1) is 11.8 Å². The van der Waals surface area contributed by atoms with Gasteiger partial charge in [0.15, 0.2) is 11.5 Å². The van der Waals surface area contributed by atoms with Crippen molar-refractivity contribution >= 4 is 16.6 Å². The summed E-state index contributed by atoms with van der Waals surface area (Å²) in [6.07, 6.45) is 3.34. The molecule has 1 aliphatic carbocycles. The van der Waals surface area contributed by atoms with Gasteiger partial charge in [-0.3, -0.25) is 4.98 Å². The standard InChI is InChI=1S/C21H29N3O2/c1-12-10-22-11-13(2)20(12)24-21-14-6-5-7-16(14)23-17-9-19(26-4)18(25-3)8-15(17)21/h8-9,12-13,20,22H,5-7,10-11H2,1-4H3,(H,23,24). The number of methoxy groups -OCH3 is 2. The van der Waals surface area contributed by atoms with Gasteiger partial charge in [0, 0.05) is 28.9 Å². The molecule has 0 amide bonds. The zero-order chi connectivity index (χ0) is 18.3. The minimum Gasteiger partial charge on any atom is -0.493 e. The number of aryl methyl sites for hydroxylation is 1. The Bertz CT molecular complexity index is 811. The molecule has 140 valence electrons. The van der Waals surface area contributed by atoms with Gasteiger partial charge in [-0.15, -0.1) is 0 Å². The molecular weight excluding hydrogens is 326 g/mol. The molecule has 1 aromatic carbocycles. The van der Waals surface area contributed by atoms with Crippen LogP contribution in [0.2, 0.25) is 0 Å². The zero-order valence-corrected chi connectivity index (χ0v) is 16.2. The highest BCUT2D eigenvalue weighted by molar-refractivity contribution is 5.96. The second-order valence-electron chi connectivity index (χ2n) is 7.77. The molecule has 1 aromatic heterocycles. The molecule has 2 unspecified atom stereocenters. The number of benzene rings is 1. The Hall–Kier alpha value is -2.01. The molecule has 1 fully saturated rings. The lowest BCUT2D eigenvalue weighted by Gasteiger charge is -2.37. The van der Waals surface area contributed by atoms with Crippen LogP contribution in [0.5, 0.6) is 11.5 Å². The second-order valence-corrected chi connectivity index (χ2v) is 7.77. The first-order valence-electron chi connectivity index (χ1n) is 9.67. The smallest absolute Gasteiger partial charge is 0.162 e. The van der Waals surface area contributed by atoms with Crippen LogP contribution in [-0.4, -0.2) is 38.3 Å². The Morgan fingerprint density at radius 3 is 2.42 bits per heavy atom. The van der Waals surface area contributed by atoms with Crippen LogP contribution in [0.3, 0.4) is 0 Å². The van der Waals surface area contributed by atoms with E-state index >= 15 is 0 Å². The number of fused-ring (bicyclic) bond motifs is 2. The predicted molar refractivity (Wildman–Crippen MR) is 105 cm³/mol. The number of hydrogen-bond acceptors (Lipinski definition) is 5. The van der Waals surface area contributed by atoms with Gasteiger partial charge in [0.25, 0.3) is 0 Å². The fourth-order valence-corrected chi connectivity index (χ4v) is 4.56. The molecule has 5 nitrogen and oxygen atoms in total. The average molecular weight is 355 g/mol. The van der Waals surface area contributed by atoms with E-state index in [4.69, 9.17) is 14.5 Å². The van der Waals surface area contributed by atoms with E-state index in [1.807, 2.05) is 6.07 Å². The normalized spacial score (nSPS) is 25.2. The summed E-state index contributed by atoms with van der Waals surface area (Å²) >= 11 is 0. The molecular formula is C21H29N3O2. The quantitative estimate of drug-likeness (QED) is 0.880. The minimum atomic E-state index is 0.458. The van der Waals surface area contributed by atoms with Crippen molar-refractivity contribution < 1.29 is 9.47 Å². The van der Waals surface area contributed by atoms with Crippen LogP contribution in [0.1, 0.15) is 31.5 Å². The summed E-state index contributed by atoms with van der Waals surface area (Å²) in [6.45, 7) is 6.77. The predicted octanol–water partition coefficient (Wildman–Crippen LogP) is 3.40. The SMILES string of the molecule is COc1cc2nc3c(c(NC4C(C)CNCC4C)c2cc1OC)CCC3. The molecule has 2 atom stereocenters. The Kier molecular flexibility index (Phi) is 4.65. The van der Waals surface area contributed by atoms with Gasteiger partial charge < -0.3 is 20.1 Å². The first-order valence-corrected chi connectivity index (χ1v) is 9.67. The van der Waals surface area contributed by atoms with Gasteiger partial charge in [-0.25, -0.2) is 0 Å². The van der Waals surface area contributed by atoms with Crippen LogP contribution in [0.25, 0.3) is 10.9 Å². The third kappa shape index (κ3) is 2.88. The lowest BCUT2D eigenvalue weighted by Crippen LogP contribution is -2.48. The van der Waals surface area contributed by atoms with Gasteiger partial charge in [-0.1, -0.05) is 13.8 Å². The lowest BCUT2D eigenvalue weighted by atomic mass is 9.86. The largest absolute Gasteiger partial charge is 0.493 e. The van der Waals surface area contributed by atoms with E-state index < -0.39 is 0 Å². The van der Waals surface area contributed by atoms with E-state index in [1.54, 1.807) is 14.2 Å². The third-order valence-electron chi connectivity index (χ3n) is 5.99. The lowest BCUT2D eigenvalue weighted by molar-refractivity contribution is 0.287. The van der Waals surface area contributed by atoms with Crippen molar-refractivity contribution in [2.75, 3.05) is 32.6 Å². The number of piperidine rings is 1. The molecule has 2 aromatic rings. The topological polar surface area (TPSA) is 55.4 Å². The van der Waals surface area contributed by atoms with E-state index in [2.05, 4.69) is 30.5 Å². The van der Waals surface area contributed by atoms with Gasteiger partial charge in [0.1, 0.15) is 0 Å². The van der Waals surface area contributed by atoms with Crippen molar-refractivity contribution in [1.29, 1.82) is 0 Å². The van der Waals surface area contributed by atoms with E-state index in [9.17, 15) is 0 Å². The number of hydrogen-bond donors (Lipinski definition) is 2. The number of nitrogens with zero attached hydrogens (tertiary/aromatic N) is 1. The molecule has 2 aliphatic rings. The number of anilines is 1. The molecule has 0 bridgehead atoms. The molecule has 4 rings (SSSR count). The molecule has 1 aliphatic heterocycles. The Balaban J connectivity index is 1.86. The number of rotatable bonds is 4. The van der Waals surface area contributed by atoms with Crippen molar-refractivity contribution in [2.45, 2.75) is 39.2 Å². The van der Waals surface area contributed by atoms with Crippen molar-refractivity contribution in [1.82, 2.24) is 10.3 Å². The Morgan fingerprint density at radius 2 is 1.73 bits per heavy atom. The van der Waals surface area contributed by atoms with Crippen molar-refractivity contribution in [3.05, 3.63) is 23.4 Å². The Labute approximate surface area is 155 Å². The summed E-state index contributed by atoms with van der Waals surface area (Å²) in [5.74, 6) is 2.66. The van der Waals surface area contributed by atoms with Crippen LogP contribution in [0.4, 0.5) is 5.69 Å². The van der Waals surface area contributed by atoms with E-state index in [0.717, 1.165) is 48.3 Å². The maximum absolute atomic E-state index is 5.56. The molecule has 0 radical (unpaired) electrons. The van der Waals surface area contributed by atoms with Gasteiger partial charge >= 0.3 is 0 Å². The highest BCUT2D eigenvalue weighted by Gasteiger charge is 2.30. The highest BCUT2D eigenvalue weighted by Crippen LogP contribution is 2.40. The molecule has 5 heteroatoms. The maximum Gasteiger partial charge on any atom is 0.162 e. The van der Waals surface area contributed by atoms with Crippen molar-refractivity contribution in [3.63, 3.8) is 0 Å². The molecule has 26 heavy (non-hydrogen) atoms. The van der Waals surface area contributed by atoms with Crippen LogP contribution >= 0.6 is 0 Å². The average Bonchev–Trinajstić information content (AvgIpc) is 3.11. The summed E-state index contributed by atoms with van der Waals surface area (Å²) in [5, 5.41) is 8.61. The van der Waals surface area contributed by atoms with Crippen LogP contribution in [-0.2, 0) is 12.8 Å². The zero-order valence-electron chi connectivity index (χ0n) is 16.2. The number of ether oxygens (including phenoxy) is 2. The molecule has 1 saturated heterocycles. The number of aromatic nitrogens is 1. The van der Waals surface area contributed by atoms with Crippen LogP contribution in [0.15, 0.2) is 12.1 Å². The van der Waals surface area contributed by atoms with Gasteiger partial charge in [0.2, 0.25) is 0 Å². The first kappa shape index (κ1) is 17.4. The van der Waals surface area contributed by atoms with Crippen molar-refractivity contribution in [2.24, 2.45) is 11.8 Å². The highest BCUT2D eigenvalue weighted by atomic mass is 16.5. The van der Waals surface area contributed by atoms with Gasteiger partial charge in [-0.2, -0.15) is 0 Å². The maximum atomic E-state index is 5.56. The summed E-state index contributed by atoms with van der Waals surface area (Å²) in [6, 6.07) is 4.55. The summed E-state index contributed by atoms with van der Waals surface area (Å²) in [7, 11) is 3.36. The summed E-state index contributed by atoms with van der Waals surface area (Å²) in [5.41, 5.74) is 4.87. The van der Waals surface area contributed by atoms with Gasteiger partial charge in [-0.05, 0) is 55.8 Å². The molecule has 0 spiro atoms. The molecule has 2 N–H and O–H groups in total. The fraction of sp³-hybridized carbons (Fsp3) is 0.571. The third-order valence-corrected chi connectivity index (χ3v) is 5.99.